The maximum atomic E-state index is 8.55. The van der Waals surface area contributed by atoms with Gasteiger partial charge in [-0.15, -0.1) is 0 Å². The number of aliphatic hydroxyl groups excluding tert-OH is 1. The van der Waals surface area contributed by atoms with Crippen molar-refractivity contribution < 1.29 is 14.6 Å². The second kappa shape index (κ2) is 10.0. The van der Waals surface area contributed by atoms with Gasteiger partial charge in [-0.25, -0.2) is 0 Å². The first kappa shape index (κ1) is 15.1. The molecule has 18 heavy (non-hydrogen) atoms. The quantitative estimate of drug-likeness (QED) is 0.618. The standard InChI is InChI=1S/C14H23NO3/c1-17-12-14-6-3-2-5-13(14)11-15-7-4-9-18-10-8-16/h2-3,5-6,15-16H,4,7-12H2,1H3. The Kier molecular flexibility index (Phi) is 8.42. The van der Waals surface area contributed by atoms with Crippen LogP contribution in [-0.4, -0.2) is 38.6 Å². The third-order valence-electron chi connectivity index (χ3n) is 2.61. The Bertz CT molecular complexity index is 318. The highest BCUT2D eigenvalue weighted by Gasteiger charge is 2.00. The third-order valence-corrected chi connectivity index (χ3v) is 2.61. The molecule has 0 aromatic heterocycles. The van der Waals surface area contributed by atoms with Crippen LogP contribution in [0.3, 0.4) is 0 Å². The van der Waals surface area contributed by atoms with Crippen LogP contribution in [0, 0.1) is 0 Å². The van der Waals surface area contributed by atoms with Crippen molar-refractivity contribution in [2.24, 2.45) is 0 Å². The van der Waals surface area contributed by atoms with Crippen LogP contribution in [0.4, 0.5) is 0 Å². The smallest absolute Gasteiger partial charge is 0.0716 e. The molecule has 0 radical (unpaired) electrons. The number of rotatable bonds is 10. The minimum Gasteiger partial charge on any atom is -0.394 e. The maximum absolute atomic E-state index is 8.55. The van der Waals surface area contributed by atoms with E-state index < -0.39 is 0 Å². The maximum Gasteiger partial charge on any atom is 0.0716 e. The molecular formula is C14H23NO3. The lowest BCUT2D eigenvalue weighted by Crippen LogP contribution is -2.17. The number of benzene rings is 1. The zero-order valence-corrected chi connectivity index (χ0v) is 11.0. The summed E-state index contributed by atoms with van der Waals surface area (Å²) in [6, 6.07) is 8.27. The minimum absolute atomic E-state index is 0.0951. The predicted molar refractivity (Wildman–Crippen MR) is 71.4 cm³/mol. The lowest BCUT2D eigenvalue weighted by Gasteiger charge is -2.10. The van der Waals surface area contributed by atoms with Gasteiger partial charge in [0, 0.05) is 20.3 Å². The third kappa shape index (κ3) is 6.12. The molecule has 0 amide bonds. The van der Waals surface area contributed by atoms with Crippen molar-refractivity contribution in [3.8, 4) is 0 Å². The van der Waals surface area contributed by atoms with E-state index in [1.165, 1.54) is 11.1 Å². The molecule has 1 rings (SSSR count). The van der Waals surface area contributed by atoms with Crippen molar-refractivity contribution in [3.05, 3.63) is 35.4 Å². The Morgan fingerprint density at radius 1 is 1.17 bits per heavy atom. The van der Waals surface area contributed by atoms with E-state index in [-0.39, 0.29) is 6.61 Å². The molecule has 0 aliphatic heterocycles. The molecule has 0 spiro atoms. The van der Waals surface area contributed by atoms with Crippen LogP contribution in [0.15, 0.2) is 24.3 Å². The Hall–Kier alpha value is -0.940. The number of hydrogen-bond acceptors (Lipinski definition) is 4. The summed E-state index contributed by atoms with van der Waals surface area (Å²) in [5, 5.41) is 11.9. The van der Waals surface area contributed by atoms with E-state index in [0.29, 0.717) is 19.8 Å². The molecule has 0 aliphatic rings. The first-order valence-electron chi connectivity index (χ1n) is 6.33. The van der Waals surface area contributed by atoms with Gasteiger partial charge in [-0.05, 0) is 24.1 Å². The minimum atomic E-state index is 0.0951. The fourth-order valence-corrected chi connectivity index (χ4v) is 1.72. The molecule has 0 heterocycles. The van der Waals surface area contributed by atoms with Crippen molar-refractivity contribution in [2.45, 2.75) is 19.6 Å². The summed E-state index contributed by atoms with van der Waals surface area (Å²) < 4.78 is 10.4. The number of hydrogen-bond donors (Lipinski definition) is 2. The van der Waals surface area contributed by atoms with Crippen LogP contribution in [0.2, 0.25) is 0 Å². The monoisotopic (exact) mass is 253 g/mol. The van der Waals surface area contributed by atoms with Crippen LogP contribution in [0.25, 0.3) is 0 Å². The zero-order chi connectivity index (χ0) is 13.1. The van der Waals surface area contributed by atoms with Crippen molar-refractivity contribution in [3.63, 3.8) is 0 Å². The summed E-state index contributed by atoms with van der Waals surface area (Å²) in [6.07, 6.45) is 0.951. The van der Waals surface area contributed by atoms with Crippen LogP contribution >= 0.6 is 0 Å². The number of nitrogens with one attached hydrogen (secondary N) is 1. The van der Waals surface area contributed by atoms with Gasteiger partial charge in [0.2, 0.25) is 0 Å². The van der Waals surface area contributed by atoms with Gasteiger partial charge in [0.05, 0.1) is 19.8 Å². The summed E-state index contributed by atoms with van der Waals surface area (Å²) in [7, 11) is 1.71. The van der Waals surface area contributed by atoms with Crippen molar-refractivity contribution in [1.29, 1.82) is 0 Å². The Morgan fingerprint density at radius 2 is 1.94 bits per heavy atom. The first-order valence-corrected chi connectivity index (χ1v) is 6.33. The van der Waals surface area contributed by atoms with Gasteiger partial charge in [0.15, 0.2) is 0 Å². The normalized spacial score (nSPS) is 10.8. The van der Waals surface area contributed by atoms with E-state index in [2.05, 4.69) is 17.4 Å². The highest BCUT2D eigenvalue weighted by Crippen LogP contribution is 2.09. The van der Waals surface area contributed by atoms with E-state index in [1.54, 1.807) is 7.11 Å². The van der Waals surface area contributed by atoms with E-state index in [1.807, 2.05) is 12.1 Å². The van der Waals surface area contributed by atoms with E-state index in [9.17, 15) is 0 Å². The van der Waals surface area contributed by atoms with Crippen molar-refractivity contribution >= 4 is 0 Å². The molecule has 1 aromatic rings. The fraction of sp³-hybridized carbons (Fsp3) is 0.571. The molecule has 0 saturated heterocycles. The summed E-state index contributed by atoms with van der Waals surface area (Å²) in [5.74, 6) is 0. The average molecular weight is 253 g/mol. The summed E-state index contributed by atoms with van der Waals surface area (Å²) in [5.41, 5.74) is 2.50. The summed E-state index contributed by atoms with van der Waals surface area (Å²) in [6.45, 7) is 3.62. The second-order valence-electron chi connectivity index (χ2n) is 4.07. The molecule has 0 fully saturated rings. The predicted octanol–water partition coefficient (Wildman–Crippen LogP) is 1.32. The van der Waals surface area contributed by atoms with Gasteiger partial charge in [0.1, 0.15) is 0 Å². The molecule has 0 bridgehead atoms. The van der Waals surface area contributed by atoms with E-state index >= 15 is 0 Å². The van der Waals surface area contributed by atoms with Crippen LogP contribution in [0.5, 0.6) is 0 Å². The van der Waals surface area contributed by atoms with Crippen LogP contribution in [-0.2, 0) is 22.6 Å². The van der Waals surface area contributed by atoms with Gasteiger partial charge >= 0.3 is 0 Å². The molecule has 0 atom stereocenters. The van der Waals surface area contributed by atoms with Crippen LogP contribution < -0.4 is 5.32 Å². The molecule has 2 N–H and O–H groups in total. The Morgan fingerprint density at radius 3 is 2.67 bits per heavy atom. The molecule has 4 nitrogen and oxygen atoms in total. The lowest BCUT2D eigenvalue weighted by atomic mass is 10.1. The van der Waals surface area contributed by atoms with E-state index in [0.717, 1.165) is 19.5 Å². The molecular weight excluding hydrogens is 230 g/mol. The van der Waals surface area contributed by atoms with Crippen molar-refractivity contribution in [2.75, 3.05) is 33.5 Å². The molecule has 0 aliphatic carbocycles. The van der Waals surface area contributed by atoms with Crippen molar-refractivity contribution in [1.82, 2.24) is 5.32 Å². The first-order chi connectivity index (χ1) is 8.88. The molecule has 1 aromatic carbocycles. The molecule has 0 saturated carbocycles. The highest BCUT2D eigenvalue weighted by molar-refractivity contribution is 5.26. The summed E-state index contributed by atoms with van der Waals surface area (Å²) >= 11 is 0. The van der Waals surface area contributed by atoms with Gasteiger partial charge < -0.3 is 19.9 Å². The molecule has 4 heteroatoms. The van der Waals surface area contributed by atoms with E-state index in [4.69, 9.17) is 14.6 Å². The van der Waals surface area contributed by atoms with Gasteiger partial charge in [0.25, 0.3) is 0 Å². The Labute approximate surface area is 109 Å². The second-order valence-corrected chi connectivity index (χ2v) is 4.07. The average Bonchev–Trinajstić information content (AvgIpc) is 2.40. The zero-order valence-electron chi connectivity index (χ0n) is 11.0. The van der Waals surface area contributed by atoms with Crippen LogP contribution in [0.1, 0.15) is 17.5 Å². The molecule has 102 valence electrons. The topological polar surface area (TPSA) is 50.7 Å². The number of ether oxygens (including phenoxy) is 2. The number of aliphatic hydroxyl groups is 1. The highest BCUT2D eigenvalue weighted by atomic mass is 16.5. The number of methoxy groups -OCH3 is 1. The summed E-state index contributed by atoms with van der Waals surface area (Å²) in [4.78, 5) is 0. The molecule has 0 unspecified atom stereocenters. The fourth-order valence-electron chi connectivity index (χ4n) is 1.72. The lowest BCUT2D eigenvalue weighted by molar-refractivity contribution is 0.0907. The SMILES string of the molecule is COCc1ccccc1CNCCCOCCO. The van der Waals surface area contributed by atoms with Gasteiger partial charge in [-0.1, -0.05) is 24.3 Å². The Balaban J connectivity index is 2.18. The van der Waals surface area contributed by atoms with Gasteiger partial charge in [-0.2, -0.15) is 0 Å². The largest absolute Gasteiger partial charge is 0.394 e. The van der Waals surface area contributed by atoms with Gasteiger partial charge in [-0.3, -0.25) is 0 Å².